The van der Waals surface area contributed by atoms with Gasteiger partial charge in [-0.15, -0.1) is 0 Å². The average molecular weight is 385 g/mol. The van der Waals surface area contributed by atoms with Gasteiger partial charge in [0.15, 0.2) is 11.3 Å². The number of amides is 2. The first-order valence-corrected chi connectivity index (χ1v) is 9.85. The summed E-state index contributed by atoms with van der Waals surface area (Å²) >= 11 is 0. The molecule has 0 aliphatic carbocycles. The Balaban J connectivity index is 1.53. The highest BCUT2D eigenvalue weighted by atomic mass is 16.5. The van der Waals surface area contributed by atoms with Crippen molar-refractivity contribution in [3.05, 3.63) is 29.2 Å². The van der Waals surface area contributed by atoms with E-state index in [9.17, 15) is 9.59 Å². The lowest BCUT2D eigenvalue weighted by Gasteiger charge is -2.39. The molecule has 0 radical (unpaired) electrons. The molecule has 2 aliphatic rings. The van der Waals surface area contributed by atoms with Gasteiger partial charge in [-0.25, -0.2) is 9.50 Å². The number of hydrogen-bond donors (Lipinski definition) is 0. The molecule has 4 rings (SSSR count). The zero-order valence-electron chi connectivity index (χ0n) is 16.8. The third-order valence-electron chi connectivity index (χ3n) is 5.98. The van der Waals surface area contributed by atoms with Gasteiger partial charge in [-0.2, -0.15) is 5.10 Å². The van der Waals surface area contributed by atoms with Crippen LogP contribution >= 0.6 is 0 Å². The van der Waals surface area contributed by atoms with Gasteiger partial charge < -0.3 is 14.5 Å². The predicted molar refractivity (Wildman–Crippen MR) is 103 cm³/mol. The zero-order chi connectivity index (χ0) is 19.9. The summed E-state index contributed by atoms with van der Waals surface area (Å²) in [4.78, 5) is 34.3. The van der Waals surface area contributed by atoms with Gasteiger partial charge in [-0.05, 0) is 39.2 Å². The molecule has 2 aromatic heterocycles. The number of methoxy groups -OCH3 is 1. The molecule has 2 aliphatic heterocycles. The highest BCUT2D eigenvalue weighted by molar-refractivity contribution is 5.94. The number of piperidine rings is 1. The van der Waals surface area contributed by atoms with Crippen molar-refractivity contribution in [1.29, 1.82) is 0 Å². The van der Waals surface area contributed by atoms with Gasteiger partial charge >= 0.3 is 0 Å². The van der Waals surface area contributed by atoms with E-state index < -0.39 is 5.41 Å². The van der Waals surface area contributed by atoms with E-state index in [0.717, 1.165) is 30.8 Å². The second kappa shape index (κ2) is 7.16. The quantitative estimate of drug-likeness (QED) is 0.796. The van der Waals surface area contributed by atoms with Crippen LogP contribution in [0.3, 0.4) is 0 Å². The van der Waals surface area contributed by atoms with Crippen LogP contribution in [0.4, 0.5) is 0 Å². The molecule has 0 aromatic carbocycles. The molecule has 1 atom stereocenters. The summed E-state index contributed by atoms with van der Waals surface area (Å²) in [6.07, 6.45) is 2.52. The average Bonchev–Trinajstić information content (AvgIpc) is 3.28. The predicted octanol–water partition coefficient (Wildman–Crippen LogP) is 1.45. The summed E-state index contributed by atoms with van der Waals surface area (Å²) in [5, 5.41) is 4.46. The summed E-state index contributed by atoms with van der Waals surface area (Å²) in [7, 11) is 1.65. The van der Waals surface area contributed by atoms with E-state index in [0.29, 0.717) is 44.0 Å². The van der Waals surface area contributed by atoms with Crippen molar-refractivity contribution in [2.45, 2.75) is 33.1 Å². The molecule has 8 nitrogen and oxygen atoms in total. The Morgan fingerprint density at radius 1 is 1.25 bits per heavy atom. The maximum atomic E-state index is 13.1. The molecule has 4 heterocycles. The SMILES string of the molecule is COCCN1CCCC2(CCN(C(=O)c3cc4nc(C)cc(C)n4n3)C2)C1=O. The standard InChI is InChI=1S/C20H27N5O3/c1-14-11-15(2)25-17(21-14)12-16(22-25)18(26)24-8-6-20(13-24)5-4-7-23(19(20)27)9-10-28-3/h11-12H,4-10,13H2,1-3H3. The molecule has 8 heteroatoms. The monoisotopic (exact) mass is 385 g/mol. The molecule has 2 saturated heterocycles. The topological polar surface area (TPSA) is 80.0 Å². The fourth-order valence-corrected chi connectivity index (χ4v) is 4.54. The molecular formula is C20H27N5O3. The van der Waals surface area contributed by atoms with Crippen LogP contribution in [0.15, 0.2) is 12.1 Å². The first-order valence-electron chi connectivity index (χ1n) is 9.85. The summed E-state index contributed by atoms with van der Waals surface area (Å²) in [6, 6.07) is 3.68. The van der Waals surface area contributed by atoms with Crippen molar-refractivity contribution < 1.29 is 14.3 Å². The lowest BCUT2D eigenvalue weighted by atomic mass is 9.78. The lowest BCUT2D eigenvalue weighted by molar-refractivity contribution is -0.146. The highest BCUT2D eigenvalue weighted by Gasteiger charge is 2.49. The molecule has 0 N–H and O–H groups in total. The molecule has 2 aromatic rings. The van der Waals surface area contributed by atoms with Crippen molar-refractivity contribution >= 4 is 17.5 Å². The number of ether oxygens (including phenoxy) is 1. The first kappa shape index (κ1) is 18.9. The van der Waals surface area contributed by atoms with Crippen molar-refractivity contribution in [3.63, 3.8) is 0 Å². The molecule has 1 unspecified atom stereocenters. The molecular weight excluding hydrogens is 358 g/mol. The van der Waals surface area contributed by atoms with Crippen molar-refractivity contribution in [2.24, 2.45) is 5.41 Å². The number of fused-ring (bicyclic) bond motifs is 1. The normalized spacial score (nSPS) is 22.6. The smallest absolute Gasteiger partial charge is 0.274 e. The maximum absolute atomic E-state index is 13.1. The number of hydrogen-bond acceptors (Lipinski definition) is 5. The first-order chi connectivity index (χ1) is 13.4. The molecule has 1 spiro atoms. The number of rotatable bonds is 4. The highest BCUT2D eigenvalue weighted by Crippen LogP contribution is 2.40. The van der Waals surface area contributed by atoms with E-state index in [-0.39, 0.29) is 11.8 Å². The largest absolute Gasteiger partial charge is 0.383 e. The van der Waals surface area contributed by atoms with Gasteiger partial charge in [0.2, 0.25) is 5.91 Å². The molecule has 150 valence electrons. The zero-order valence-corrected chi connectivity index (χ0v) is 16.8. The third-order valence-corrected chi connectivity index (χ3v) is 5.98. The Morgan fingerprint density at radius 3 is 2.86 bits per heavy atom. The van der Waals surface area contributed by atoms with Crippen LogP contribution in [0.25, 0.3) is 5.65 Å². The van der Waals surface area contributed by atoms with Crippen LogP contribution in [0.5, 0.6) is 0 Å². The fourth-order valence-electron chi connectivity index (χ4n) is 4.54. The Kier molecular flexibility index (Phi) is 4.82. The van der Waals surface area contributed by atoms with Crippen LogP contribution in [0.2, 0.25) is 0 Å². The summed E-state index contributed by atoms with van der Waals surface area (Å²) in [5.41, 5.74) is 2.45. The van der Waals surface area contributed by atoms with Gasteiger partial charge in [-0.3, -0.25) is 9.59 Å². The number of carbonyl (C=O) groups excluding carboxylic acids is 2. The van der Waals surface area contributed by atoms with Crippen molar-refractivity contribution in [3.8, 4) is 0 Å². The van der Waals surface area contributed by atoms with Gasteiger partial charge in [0.05, 0.1) is 12.0 Å². The number of aryl methyl sites for hydroxylation is 2. The maximum Gasteiger partial charge on any atom is 0.274 e. The Morgan fingerprint density at radius 2 is 2.07 bits per heavy atom. The summed E-state index contributed by atoms with van der Waals surface area (Å²) < 4.78 is 6.83. The minimum Gasteiger partial charge on any atom is -0.383 e. The number of likely N-dealkylation sites (tertiary alicyclic amines) is 2. The van der Waals surface area contributed by atoms with E-state index in [1.54, 1.807) is 22.6 Å². The van der Waals surface area contributed by atoms with Gasteiger partial charge in [0, 0.05) is 50.7 Å². The van der Waals surface area contributed by atoms with Gasteiger partial charge in [0.25, 0.3) is 5.91 Å². The van der Waals surface area contributed by atoms with Crippen LogP contribution in [-0.4, -0.2) is 76.1 Å². The lowest BCUT2D eigenvalue weighted by Crippen LogP contribution is -2.51. The third kappa shape index (κ3) is 3.15. The number of aromatic nitrogens is 3. The van der Waals surface area contributed by atoms with Crippen LogP contribution in [0, 0.1) is 19.3 Å². The van der Waals surface area contributed by atoms with E-state index >= 15 is 0 Å². The molecule has 28 heavy (non-hydrogen) atoms. The second-order valence-corrected chi connectivity index (χ2v) is 7.98. The van der Waals surface area contributed by atoms with E-state index in [2.05, 4.69) is 10.1 Å². The fraction of sp³-hybridized carbons (Fsp3) is 0.600. The van der Waals surface area contributed by atoms with Gasteiger partial charge in [0.1, 0.15) is 0 Å². The summed E-state index contributed by atoms with van der Waals surface area (Å²) in [5.74, 6) is 0.0375. The Hall–Kier alpha value is -2.48. The molecule has 0 saturated carbocycles. The number of carbonyl (C=O) groups is 2. The van der Waals surface area contributed by atoms with Gasteiger partial charge in [-0.1, -0.05) is 0 Å². The van der Waals surface area contributed by atoms with Crippen molar-refractivity contribution in [1.82, 2.24) is 24.4 Å². The van der Waals surface area contributed by atoms with Crippen molar-refractivity contribution in [2.75, 3.05) is 39.9 Å². The molecule has 2 fully saturated rings. The summed E-state index contributed by atoms with van der Waals surface area (Å²) in [6.45, 7) is 6.85. The Bertz CT molecular complexity index is 924. The van der Waals surface area contributed by atoms with E-state index in [4.69, 9.17) is 4.74 Å². The second-order valence-electron chi connectivity index (χ2n) is 7.98. The van der Waals surface area contributed by atoms with Crippen LogP contribution in [0.1, 0.15) is 41.1 Å². The Labute approximate surface area is 164 Å². The molecule has 0 bridgehead atoms. The number of nitrogens with zero attached hydrogens (tertiary/aromatic N) is 5. The minimum absolute atomic E-state index is 0.124. The minimum atomic E-state index is -0.453. The molecule has 2 amide bonds. The van der Waals surface area contributed by atoms with E-state index in [1.807, 2.05) is 24.8 Å². The van der Waals surface area contributed by atoms with Crippen LogP contribution < -0.4 is 0 Å². The van der Waals surface area contributed by atoms with Crippen LogP contribution in [-0.2, 0) is 9.53 Å². The van der Waals surface area contributed by atoms with E-state index in [1.165, 1.54) is 0 Å².